The molecule has 144 valence electrons. The van der Waals surface area contributed by atoms with E-state index in [1.54, 1.807) is 12.3 Å². The van der Waals surface area contributed by atoms with Crippen LogP contribution in [0, 0.1) is 10.8 Å². The van der Waals surface area contributed by atoms with Gasteiger partial charge in [-0.3, -0.25) is 10.1 Å². The molecule has 0 aliphatic carbocycles. The fourth-order valence-corrected chi connectivity index (χ4v) is 3.72. The van der Waals surface area contributed by atoms with Crippen LogP contribution in [-0.2, 0) is 0 Å². The Morgan fingerprint density at radius 1 is 1.30 bits per heavy atom. The summed E-state index contributed by atoms with van der Waals surface area (Å²) in [7, 11) is 1.88. The van der Waals surface area contributed by atoms with E-state index in [4.69, 9.17) is 15.9 Å². The maximum absolute atomic E-state index is 8.66. The molecule has 0 saturated carbocycles. The van der Waals surface area contributed by atoms with Crippen LogP contribution in [0.5, 0.6) is 5.75 Å². The number of anilines is 1. The largest absolute Gasteiger partial charge is 0.492 e. The van der Waals surface area contributed by atoms with E-state index in [9.17, 15) is 0 Å². The highest BCUT2D eigenvalue weighted by Gasteiger charge is 2.28. The first-order valence-electron chi connectivity index (χ1n) is 9.13. The lowest BCUT2D eigenvalue weighted by atomic mass is 9.82. The Bertz CT molecular complexity index is 787. The predicted molar refractivity (Wildman–Crippen MR) is 112 cm³/mol. The molecule has 0 spiro atoms. The maximum atomic E-state index is 8.66. The van der Waals surface area contributed by atoms with Crippen LogP contribution in [0.15, 0.2) is 41.4 Å². The predicted octanol–water partition coefficient (Wildman–Crippen LogP) is 3.07. The number of hydrogen-bond acceptors (Lipinski definition) is 7. The second-order valence-electron chi connectivity index (χ2n) is 7.12. The summed E-state index contributed by atoms with van der Waals surface area (Å²) in [5.74, 6) is 0.947. The van der Waals surface area contributed by atoms with E-state index in [1.165, 1.54) is 11.9 Å². The van der Waals surface area contributed by atoms with E-state index in [0.717, 1.165) is 36.4 Å². The summed E-state index contributed by atoms with van der Waals surface area (Å²) in [6.07, 6.45) is 3.79. The smallest absolute Gasteiger partial charge is 0.136 e. The standard InChI is InChI=1S/C20H27N5OS/c1-20(8-11-24-12-9-20)13-26-16-7-10-25-19(22)17(16)18(21)14-3-5-15(6-4-14)27-23-2/h3-7,10,21,23-24H,8-9,11-13H2,1-2H3,(H2,22,25). The van der Waals surface area contributed by atoms with E-state index in [-0.39, 0.29) is 5.41 Å². The number of piperidine rings is 1. The van der Waals surface area contributed by atoms with Crippen LogP contribution in [0.25, 0.3) is 0 Å². The topological polar surface area (TPSA) is 96.0 Å². The lowest BCUT2D eigenvalue weighted by Crippen LogP contribution is -2.38. The lowest BCUT2D eigenvalue weighted by Gasteiger charge is -2.34. The van der Waals surface area contributed by atoms with Gasteiger partial charge in [0.05, 0.1) is 17.9 Å². The van der Waals surface area contributed by atoms with Gasteiger partial charge in [-0.1, -0.05) is 19.1 Å². The van der Waals surface area contributed by atoms with Crippen LogP contribution in [0.2, 0.25) is 0 Å². The van der Waals surface area contributed by atoms with Gasteiger partial charge < -0.3 is 15.8 Å². The second kappa shape index (κ2) is 8.73. The molecule has 1 aliphatic heterocycles. The number of ether oxygens (including phenoxy) is 1. The average Bonchev–Trinajstić information content (AvgIpc) is 2.67. The molecule has 5 N–H and O–H groups in total. The van der Waals surface area contributed by atoms with E-state index < -0.39 is 0 Å². The van der Waals surface area contributed by atoms with Crippen LogP contribution < -0.4 is 20.5 Å². The van der Waals surface area contributed by atoms with E-state index in [2.05, 4.69) is 21.9 Å². The zero-order valence-corrected chi connectivity index (χ0v) is 16.7. The van der Waals surface area contributed by atoms with Gasteiger partial charge in [0.2, 0.25) is 0 Å². The van der Waals surface area contributed by atoms with Crippen molar-refractivity contribution in [2.45, 2.75) is 24.7 Å². The van der Waals surface area contributed by atoms with Gasteiger partial charge in [0, 0.05) is 22.1 Å². The van der Waals surface area contributed by atoms with Gasteiger partial charge in [0.25, 0.3) is 0 Å². The number of aromatic nitrogens is 1. The monoisotopic (exact) mass is 385 g/mol. The quantitative estimate of drug-likeness (QED) is 0.432. The third kappa shape index (κ3) is 4.80. The average molecular weight is 386 g/mol. The van der Waals surface area contributed by atoms with Crippen LogP contribution in [-0.4, -0.2) is 37.4 Å². The number of benzene rings is 1. The number of rotatable bonds is 7. The third-order valence-corrected chi connectivity index (χ3v) is 5.65. The van der Waals surface area contributed by atoms with Crippen LogP contribution in [0.4, 0.5) is 5.82 Å². The number of nitrogens with two attached hydrogens (primary N) is 1. The summed E-state index contributed by atoms with van der Waals surface area (Å²) >= 11 is 1.53. The highest BCUT2D eigenvalue weighted by Crippen LogP contribution is 2.32. The molecule has 27 heavy (non-hydrogen) atoms. The molecule has 2 aromatic rings. The fourth-order valence-electron chi connectivity index (χ4n) is 3.21. The summed E-state index contributed by atoms with van der Waals surface area (Å²) in [4.78, 5) is 5.26. The molecule has 1 saturated heterocycles. The molecule has 1 aromatic heterocycles. The Balaban J connectivity index is 1.81. The van der Waals surface area contributed by atoms with Crippen molar-refractivity contribution in [1.82, 2.24) is 15.0 Å². The van der Waals surface area contributed by atoms with Crippen molar-refractivity contribution in [3.63, 3.8) is 0 Å². The SMILES string of the molecule is CNSc1ccc(C(=N)c2c(OCC3(C)CCNCC3)ccnc2N)cc1. The normalized spacial score (nSPS) is 16.1. The van der Waals surface area contributed by atoms with Crippen molar-refractivity contribution >= 4 is 23.5 Å². The van der Waals surface area contributed by atoms with Crippen LogP contribution in [0.1, 0.15) is 30.9 Å². The summed E-state index contributed by atoms with van der Waals surface area (Å²) < 4.78 is 9.21. The van der Waals surface area contributed by atoms with Crippen molar-refractivity contribution in [3.8, 4) is 5.75 Å². The molecule has 3 rings (SSSR count). The Labute approximate surface area is 164 Å². The molecule has 0 unspecified atom stereocenters. The zero-order chi connectivity index (χ0) is 19.3. The first-order valence-corrected chi connectivity index (χ1v) is 9.95. The van der Waals surface area contributed by atoms with Crippen molar-refractivity contribution in [3.05, 3.63) is 47.7 Å². The van der Waals surface area contributed by atoms with Gasteiger partial charge >= 0.3 is 0 Å². The Morgan fingerprint density at radius 2 is 2.00 bits per heavy atom. The van der Waals surface area contributed by atoms with Crippen molar-refractivity contribution in [1.29, 1.82) is 5.41 Å². The lowest BCUT2D eigenvalue weighted by molar-refractivity contribution is 0.123. The molecule has 6 nitrogen and oxygen atoms in total. The molecule has 0 radical (unpaired) electrons. The third-order valence-electron chi connectivity index (χ3n) is 4.94. The van der Waals surface area contributed by atoms with Gasteiger partial charge in [-0.15, -0.1) is 0 Å². The van der Waals surface area contributed by atoms with Gasteiger partial charge in [0.15, 0.2) is 0 Å². The van der Waals surface area contributed by atoms with Crippen molar-refractivity contribution in [2.24, 2.45) is 5.41 Å². The van der Waals surface area contributed by atoms with Gasteiger partial charge in [-0.25, -0.2) is 4.98 Å². The molecule has 0 amide bonds. The molecule has 1 aromatic carbocycles. The van der Waals surface area contributed by atoms with E-state index in [1.807, 2.05) is 31.3 Å². The highest BCUT2D eigenvalue weighted by molar-refractivity contribution is 7.97. The summed E-state index contributed by atoms with van der Waals surface area (Å²) in [5.41, 5.74) is 7.93. The molecular formula is C20H27N5OS. The maximum Gasteiger partial charge on any atom is 0.136 e. The Hall–Kier alpha value is -2.09. The fraction of sp³-hybridized carbons (Fsp3) is 0.400. The second-order valence-corrected chi connectivity index (χ2v) is 8.21. The summed E-state index contributed by atoms with van der Waals surface area (Å²) in [5, 5.41) is 12.0. The van der Waals surface area contributed by atoms with Crippen molar-refractivity contribution in [2.75, 3.05) is 32.5 Å². The number of nitrogens with zero attached hydrogens (tertiary/aromatic N) is 1. The number of pyridine rings is 1. The first-order chi connectivity index (χ1) is 13.0. The molecule has 2 heterocycles. The summed E-state index contributed by atoms with van der Waals surface area (Å²) in [6.45, 7) is 4.88. The molecule has 1 fully saturated rings. The number of nitrogen functional groups attached to an aromatic ring is 1. The molecular weight excluding hydrogens is 358 g/mol. The van der Waals surface area contributed by atoms with E-state index >= 15 is 0 Å². The molecule has 0 bridgehead atoms. The highest BCUT2D eigenvalue weighted by atomic mass is 32.2. The number of nitrogens with one attached hydrogen (secondary N) is 3. The first kappa shape index (κ1) is 19.7. The van der Waals surface area contributed by atoms with Crippen molar-refractivity contribution < 1.29 is 4.74 Å². The minimum atomic E-state index is 0.134. The van der Waals surface area contributed by atoms with Gasteiger partial charge in [-0.05, 0) is 63.1 Å². The minimum Gasteiger partial charge on any atom is -0.492 e. The van der Waals surface area contributed by atoms with Crippen LogP contribution in [0.3, 0.4) is 0 Å². The summed E-state index contributed by atoms with van der Waals surface area (Å²) in [6, 6.07) is 9.61. The zero-order valence-electron chi connectivity index (χ0n) is 15.8. The van der Waals surface area contributed by atoms with Gasteiger partial charge in [-0.2, -0.15) is 0 Å². The Kier molecular flexibility index (Phi) is 6.36. The molecule has 1 aliphatic rings. The molecule has 7 heteroatoms. The Morgan fingerprint density at radius 3 is 2.67 bits per heavy atom. The molecule has 0 atom stereocenters. The number of hydrogen-bond donors (Lipinski definition) is 4. The minimum absolute atomic E-state index is 0.134. The van der Waals surface area contributed by atoms with Crippen LogP contribution >= 0.6 is 11.9 Å². The van der Waals surface area contributed by atoms with E-state index in [0.29, 0.717) is 29.4 Å². The van der Waals surface area contributed by atoms with Gasteiger partial charge in [0.1, 0.15) is 11.6 Å².